The van der Waals surface area contributed by atoms with E-state index in [1.807, 2.05) is 0 Å². The van der Waals surface area contributed by atoms with Gasteiger partial charge in [0.2, 0.25) is 0 Å². The quantitative estimate of drug-likeness (QED) is 0.321. The third-order valence-electron chi connectivity index (χ3n) is 4.37. The minimum atomic E-state index is -0.775. The Labute approximate surface area is 185 Å². The Morgan fingerprint density at radius 2 is 1.78 bits per heavy atom. The summed E-state index contributed by atoms with van der Waals surface area (Å²) in [5.74, 6) is -2.70. The second-order valence-corrected chi connectivity index (χ2v) is 7.50. The number of nitro benzene ring substituents is 1. The van der Waals surface area contributed by atoms with Gasteiger partial charge in [-0.25, -0.2) is 9.18 Å². The van der Waals surface area contributed by atoms with Crippen LogP contribution in [0.1, 0.15) is 36.0 Å². The van der Waals surface area contributed by atoms with Gasteiger partial charge in [-0.2, -0.15) is 0 Å². The predicted molar refractivity (Wildman–Crippen MR) is 116 cm³/mol. The average molecular weight is 457 g/mol. The number of thiophene rings is 1. The highest BCUT2D eigenvalue weighted by atomic mass is 32.1. The van der Waals surface area contributed by atoms with Crippen LogP contribution in [0, 0.1) is 22.9 Å². The van der Waals surface area contributed by atoms with Crippen molar-refractivity contribution in [1.82, 2.24) is 0 Å². The van der Waals surface area contributed by atoms with Crippen molar-refractivity contribution in [1.29, 1.82) is 0 Å². The Bertz CT molecular complexity index is 1240. The Hall–Kier alpha value is -4.12. The highest BCUT2D eigenvalue weighted by Gasteiger charge is 2.27. The number of benzene rings is 2. The first-order chi connectivity index (χ1) is 15.2. The summed E-state index contributed by atoms with van der Waals surface area (Å²) in [6.07, 6.45) is 0. The lowest BCUT2D eigenvalue weighted by molar-refractivity contribution is -0.384. The summed E-state index contributed by atoms with van der Waals surface area (Å²) in [5.41, 5.74) is 0.228. The third-order valence-corrected chi connectivity index (χ3v) is 5.58. The van der Waals surface area contributed by atoms with Crippen LogP contribution in [0.4, 0.5) is 20.8 Å². The van der Waals surface area contributed by atoms with E-state index in [0.717, 1.165) is 24.5 Å². The van der Waals surface area contributed by atoms with Crippen molar-refractivity contribution < 1.29 is 28.4 Å². The van der Waals surface area contributed by atoms with Gasteiger partial charge in [0.1, 0.15) is 10.8 Å². The molecule has 2 amide bonds. The number of nitrogens with one attached hydrogen (secondary N) is 2. The van der Waals surface area contributed by atoms with Gasteiger partial charge in [0.15, 0.2) is 0 Å². The summed E-state index contributed by atoms with van der Waals surface area (Å²) in [5, 5.41) is 16.0. The van der Waals surface area contributed by atoms with Gasteiger partial charge in [-0.15, -0.1) is 11.3 Å². The van der Waals surface area contributed by atoms with E-state index >= 15 is 0 Å². The van der Waals surface area contributed by atoms with Gasteiger partial charge in [0, 0.05) is 23.4 Å². The second kappa shape index (κ2) is 9.35. The summed E-state index contributed by atoms with van der Waals surface area (Å²) in [4.78, 5) is 48.1. The molecule has 3 rings (SSSR count). The molecular weight excluding hydrogens is 441 g/mol. The van der Waals surface area contributed by atoms with Crippen LogP contribution in [0.2, 0.25) is 0 Å². The van der Waals surface area contributed by atoms with Crippen LogP contribution in [0.15, 0.2) is 48.5 Å². The molecule has 2 N–H and O–H groups in total. The number of amides is 2. The number of carbonyl (C=O) groups excluding carboxylic acids is 3. The maximum atomic E-state index is 13.4. The number of anilines is 2. The van der Waals surface area contributed by atoms with Crippen molar-refractivity contribution in [2.45, 2.75) is 6.92 Å². The van der Waals surface area contributed by atoms with Crippen LogP contribution in [0.3, 0.4) is 0 Å². The molecule has 0 bridgehead atoms. The number of hydrogen-bond acceptors (Lipinski definition) is 7. The summed E-state index contributed by atoms with van der Waals surface area (Å²) < 4.78 is 18.2. The topological polar surface area (TPSA) is 128 Å². The highest BCUT2D eigenvalue weighted by molar-refractivity contribution is 7.19. The van der Waals surface area contributed by atoms with E-state index in [4.69, 9.17) is 4.74 Å². The smallest absolute Gasteiger partial charge is 0.341 e. The molecule has 0 aliphatic rings. The van der Waals surface area contributed by atoms with E-state index < -0.39 is 28.5 Å². The van der Waals surface area contributed by atoms with Crippen LogP contribution in [0.5, 0.6) is 0 Å². The molecule has 32 heavy (non-hydrogen) atoms. The molecule has 0 saturated carbocycles. The summed E-state index contributed by atoms with van der Waals surface area (Å²) >= 11 is 0.822. The number of nitrogens with zero attached hydrogens (tertiary/aromatic N) is 1. The van der Waals surface area contributed by atoms with Crippen LogP contribution in [0.25, 0.3) is 0 Å². The lowest BCUT2D eigenvalue weighted by Crippen LogP contribution is -2.14. The van der Waals surface area contributed by atoms with Crippen molar-refractivity contribution in [3.8, 4) is 0 Å². The van der Waals surface area contributed by atoms with Crippen molar-refractivity contribution in [3.05, 3.63) is 86.0 Å². The maximum absolute atomic E-state index is 13.4. The fraction of sp³-hybridized carbons (Fsp3) is 0.0952. The zero-order chi connectivity index (χ0) is 23.4. The Balaban J connectivity index is 1.93. The Morgan fingerprint density at radius 3 is 2.44 bits per heavy atom. The molecule has 1 aromatic heterocycles. The molecule has 9 nitrogen and oxygen atoms in total. The van der Waals surface area contributed by atoms with Crippen LogP contribution in [-0.4, -0.2) is 29.8 Å². The number of halogens is 1. The number of non-ortho nitro benzene ring substituents is 1. The first-order valence-electron chi connectivity index (χ1n) is 9.05. The third kappa shape index (κ3) is 4.78. The second-order valence-electron chi connectivity index (χ2n) is 6.48. The molecule has 0 aliphatic heterocycles. The van der Waals surface area contributed by atoms with Crippen LogP contribution < -0.4 is 10.6 Å². The maximum Gasteiger partial charge on any atom is 0.341 e. The van der Waals surface area contributed by atoms with Crippen molar-refractivity contribution >= 4 is 45.5 Å². The molecule has 0 aliphatic carbocycles. The Kier molecular flexibility index (Phi) is 6.59. The number of nitro groups is 1. The van der Waals surface area contributed by atoms with E-state index in [1.165, 1.54) is 49.4 Å². The molecule has 0 atom stereocenters. The summed E-state index contributed by atoms with van der Waals surface area (Å²) in [7, 11) is 1.15. The number of hydrogen-bond donors (Lipinski definition) is 2. The molecule has 1 heterocycles. The van der Waals surface area contributed by atoms with Gasteiger partial charge >= 0.3 is 5.97 Å². The van der Waals surface area contributed by atoms with Crippen molar-refractivity contribution in [2.24, 2.45) is 0 Å². The molecular formula is C21H16FN3O6S. The van der Waals surface area contributed by atoms with Crippen molar-refractivity contribution in [2.75, 3.05) is 17.7 Å². The molecule has 0 radical (unpaired) electrons. The monoisotopic (exact) mass is 457 g/mol. The van der Waals surface area contributed by atoms with Gasteiger partial charge in [0.05, 0.1) is 22.5 Å². The highest BCUT2D eigenvalue weighted by Crippen LogP contribution is 2.34. The van der Waals surface area contributed by atoms with Gasteiger partial charge in [0.25, 0.3) is 17.5 Å². The van der Waals surface area contributed by atoms with E-state index in [1.54, 1.807) is 0 Å². The molecule has 0 unspecified atom stereocenters. The fourth-order valence-corrected chi connectivity index (χ4v) is 3.94. The molecule has 0 fully saturated rings. The fourth-order valence-electron chi connectivity index (χ4n) is 2.86. The Morgan fingerprint density at radius 1 is 1.06 bits per heavy atom. The van der Waals surface area contributed by atoms with Gasteiger partial charge < -0.3 is 15.4 Å². The van der Waals surface area contributed by atoms with E-state index in [2.05, 4.69) is 10.6 Å². The van der Waals surface area contributed by atoms with Gasteiger partial charge in [-0.1, -0.05) is 12.1 Å². The number of ether oxygens (including phenoxy) is 1. The number of esters is 1. The molecule has 0 saturated heterocycles. The minimum Gasteiger partial charge on any atom is -0.465 e. The molecule has 164 valence electrons. The molecule has 0 spiro atoms. The van der Waals surface area contributed by atoms with E-state index in [-0.39, 0.29) is 37.9 Å². The first-order valence-corrected chi connectivity index (χ1v) is 9.87. The molecule has 2 aromatic carbocycles. The minimum absolute atomic E-state index is 0.0218. The van der Waals surface area contributed by atoms with Crippen LogP contribution >= 0.6 is 11.3 Å². The van der Waals surface area contributed by atoms with Gasteiger partial charge in [-0.3, -0.25) is 19.7 Å². The lowest BCUT2D eigenvalue weighted by atomic mass is 10.1. The number of rotatable bonds is 6. The SMILES string of the molecule is COC(=O)c1c(NC(=O)c2cccc(F)c2)sc(C(=O)Nc2cccc([N+](=O)[O-])c2)c1C. The normalized spacial score (nSPS) is 10.3. The predicted octanol–water partition coefficient (Wildman–Crippen LogP) is 4.40. The zero-order valence-corrected chi connectivity index (χ0v) is 17.6. The number of methoxy groups -OCH3 is 1. The average Bonchev–Trinajstić information content (AvgIpc) is 3.09. The largest absolute Gasteiger partial charge is 0.465 e. The molecule has 3 aromatic rings. The van der Waals surface area contributed by atoms with E-state index in [9.17, 15) is 28.9 Å². The lowest BCUT2D eigenvalue weighted by Gasteiger charge is -2.06. The molecule has 11 heteroatoms. The standard InChI is InChI=1S/C21H16FN3O6S/c1-11-16(21(28)31-2)20(24-18(26)12-5-3-6-13(22)9-12)32-17(11)19(27)23-14-7-4-8-15(10-14)25(29)30/h3-10H,1-2H3,(H,23,27)(H,24,26). The van der Waals surface area contributed by atoms with E-state index in [0.29, 0.717) is 0 Å². The van der Waals surface area contributed by atoms with Gasteiger partial charge in [-0.05, 0) is 36.8 Å². The van der Waals surface area contributed by atoms with Crippen LogP contribution in [-0.2, 0) is 4.74 Å². The first kappa shape index (κ1) is 22.6. The number of carbonyl (C=O) groups is 3. The zero-order valence-electron chi connectivity index (χ0n) is 16.8. The summed E-state index contributed by atoms with van der Waals surface area (Å²) in [6.45, 7) is 1.50. The summed E-state index contributed by atoms with van der Waals surface area (Å²) in [6, 6.07) is 10.3. The van der Waals surface area contributed by atoms with Crippen molar-refractivity contribution in [3.63, 3.8) is 0 Å².